The summed E-state index contributed by atoms with van der Waals surface area (Å²) in [6.45, 7) is 5.85. The minimum Gasteiger partial charge on any atom is -0.459 e. The van der Waals surface area contributed by atoms with Crippen LogP contribution in [0.3, 0.4) is 0 Å². The maximum Gasteiger partial charge on any atom is 0.341 e. The normalized spacial score (nSPS) is 15.9. The third-order valence-electron chi connectivity index (χ3n) is 4.56. The summed E-state index contributed by atoms with van der Waals surface area (Å²) in [5.74, 6) is 0.168. The summed E-state index contributed by atoms with van der Waals surface area (Å²) >= 11 is 15.0. The minimum absolute atomic E-state index is 0.164. The Morgan fingerprint density at radius 3 is 2.83 bits per heavy atom. The van der Waals surface area contributed by atoms with Gasteiger partial charge in [-0.05, 0) is 62.8 Å². The van der Waals surface area contributed by atoms with Crippen LogP contribution < -0.4 is 5.32 Å². The molecule has 156 valence electrons. The monoisotopic (exact) mass is 471 g/mol. The number of anilines is 1. The zero-order valence-electron chi connectivity index (χ0n) is 16.5. The molecule has 1 heterocycles. The van der Waals surface area contributed by atoms with Gasteiger partial charge >= 0.3 is 5.97 Å². The Morgan fingerprint density at radius 2 is 2.10 bits per heavy atom. The second-order valence-electron chi connectivity index (χ2n) is 7.42. The van der Waals surface area contributed by atoms with Crippen LogP contribution in [0.5, 0.6) is 0 Å². The highest BCUT2D eigenvalue weighted by Gasteiger charge is 2.29. The Bertz CT molecular complexity index is 927. The first kappa shape index (κ1) is 22.5. The van der Waals surface area contributed by atoms with E-state index in [0.29, 0.717) is 26.5 Å². The molecule has 1 aliphatic carbocycles. The number of esters is 1. The Hall–Kier alpha value is -1.21. The van der Waals surface area contributed by atoms with Crippen molar-refractivity contribution in [2.45, 2.75) is 51.0 Å². The van der Waals surface area contributed by atoms with Crippen LogP contribution in [0, 0.1) is 5.92 Å². The van der Waals surface area contributed by atoms with Crippen molar-refractivity contribution in [2.75, 3.05) is 11.1 Å². The molecule has 4 nitrogen and oxygen atoms in total. The van der Waals surface area contributed by atoms with Crippen molar-refractivity contribution >= 4 is 63.2 Å². The summed E-state index contributed by atoms with van der Waals surface area (Å²) in [6.07, 6.45) is 2.56. The van der Waals surface area contributed by atoms with Gasteiger partial charge in [0.05, 0.1) is 22.4 Å². The highest BCUT2D eigenvalue weighted by molar-refractivity contribution is 8.00. The summed E-state index contributed by atoms with van der Waals surface area (Å²) in [6, 6.07) is 5.15. The average molecular weight is 472 g/mol. The molecule has 0 fully saturated rings. The molecule has 1 aromatic carbocycles. The van der Waals surface area contributed by atoms with E-state index in [1.165, 1.54) is 28.0 Å². The van der Waals surface area contributed by atoms with E-state index in [9.17, 15) is 9.59 Å². The van der Waals surface area contributed by atoms with E-state index in [1.807, 2.05) is 13.8 Å². The molecular weight excluding hydrogens is 449 g/mol. The fourth-order valence-electron chi connectivity index (χ4n) is 3.22. The Labute approximate surface area is 189 Å². The highest BCUT2D eigenvalue weighted by Crippen LogP contribution is 2.40. The predicted molar refractivity (Wildman–Crippen MR) is 122 cm³/mol. The second-order valence-corrected chi connectivity index (χ2v) is 10.4. The number of halogens is 2. The molecular formula is C21H23Cl2NO3S2. The molecule has 1 N–H and O–H groups in total. The summed E-state index contributed by atoms with van der Waals surface area (Å²) in [5, 5.41) is 4.62. The van der Waals surface area contributed by atoms with Crippen LogP contribution in [-0.4, -0.2) is 23.7 Å². The fraction of sp³-hybridized carbons (Fsp3) is 0.429. The first-order valence-corrected chi connectivity index (χ1v) is 12.0. The molecule has 1 atom stereocenters. The number of amides is 1. The van der Waals surface area contributed by atoms with Crippen LogP contribution in [0.25, 0.3) is 0 Å². The highest BCUT2D eigenvalue weighted by atomic mass is 35.5. The van der Waals surface area contributed by atoms with E-state index in [1.54, 1.807) is 18.2 Å². The molecule has 0 radical (unpaired) electrons. The van der Waals surface area contributed by atoms with Crippen molar-refractivity contribution < 1.29 is 14.3 Å². The Kier molecular flexibility index (Phi) is 7.54. The van der Waals surface area contributed by atoms with Gasteiger partial charge in [-0.3, -0.25) is 4.79 Å². The number of fused-ring (bicyclic) bond motifs is 1. The van der Waals surface area contributed by atoms with Gasteiger partial charge in [-0.15, -0.1) is 23.1 Å². The van der Waals surface area contributed by atoms with Crippen molar-refractivity contribution in [2.24, 2.45) is 5.92 Å². The number of nitrogens with one attached hydrogen (secondary N) is 1. The molecule has 1 amide bonds. The third-order valence-corrected chi connectivity index (χ3v) is 7.47. The van der Waals surface area contributed by atoms with Crippen molar-refractivity contribution in [3.05, 3.63) is 44.2 Å². The lowest BCUT2D eigenvalue weighted by molar-refractivity contribution is -0.113. The van der Waals surface area contributed by atoms with Crippen molar-refractivity contribution in [1.29, 1.82) is 0 Å². The summed E-state index contributed by atoms with van der Waals surface area (Å²) in [5.41, 5.74) is 1.55. The van der Waals surface area contributed by atoms with Gasteiger partial charge in [0.2, 0.25) is 5.91 Å². The number of benzene rings is 1. The first-order valence-electron chi connectivity index (χ1n) is 9.47. The average Bonchev–Trinajstić information content (AvgIpc) is 2.98. The molecule has 0 aliphatic heterocycles. The van der Waals surface area contributed by atoms with E-state index < -0.39 is 0 Å². The largest absolute Gasteiger partial charge is 0.459 e. The first-order chi connectivity index (χ1) is 13.7. The van der Waals surface area contributed by atoms with E-state index in [4.69, 9.17) is 27.9 Å². The third kappa shape index (κ3) is 5.69. The number of carbonyl (C=O) groups excluding carboxylic acids is 2. The molecule has 3 rings (SSSR count). The number of ether oxygens (including phenoxy) is 1. The smallest absolute Gasteiger partial charge is 0.341 e. The number of hydrogen-bond donors (Lipinski definition) is 1. The number of carbonyl (C=O) groups is 2. The van der Waals surface area contributed by atoms with E-state index in [0.717, 1.165) is 29.7 Å². The van der Waals surface area contributed by atoms with Crippen LogP contribution >= 0.6 is 46.3 Å². The lowest BCUT2D eigenvalue weighted by atomic mass is 9.88. The number of thioether (sulfide) groups is 1. The van der Waals surface area contributed by atoms with Gasteiger partial charge in [-0.25, -0.2) is 4.79 Å². The van der Waals surface area contributed by atoms with E-state index in [-0.39, 0.29) is 23.7 Å². The minimum atomic E-state index is -0.368. The maximum atomic E-state index is 12.7. The number of thiophene rings is 1. The molecule has 0 saturated heterocycles. The van der Waals surface area contributed by atoms with Crippen LogP contribution in [0.1, 0.15) is 48.0 Å². The summed E-state index contributed by atoms with van der Waals surface area (Å²) in [4.78, 5) is 27.2. The van der Waals surface area contributed by atoms with Gasteiger partial charge in [0.15, 0.2) is 0 Å². The standard InChI is InChI=1S/C21H23Cl2NO3S2/c1-11(2)27-21(26)19-14-6-4-12(3)8-16(14)29-20(19)24-18(25)10-28-17-9-13(22)5-7-15(17)23/h5,7,9,11-12H,4,6,8,10H2,1-3H3,(H,24,25). The number of hydrogen-bond acceptors (Lipinski definition) is 5. The molecule has 2 aromatic rings. The van der Waals surface area contributed by atoms with E-state index in [2.05, 4.69) is 12.2 Å². The zero-order chi connectivity index (χ0) is 21.1. The van der Waals surface area contributed by atoms with Gasteiger partial charge in [0.1, 0.15) is 5.00 Å². The van der Waals surface area contributed by atoms with Gasteiger partial charge in [-0.1, -0.05) is 30.1 Å². The fourth-order valence-corrected chi connectivity index (χ4v) is 5.93. The SMILES string of the molecule is CC1CCc2c(sc(NC(=O)CSc3cc(Cl)ccc3Cl)c2C(=O)OC(C)C)C1. The molecule has 0 spiro atoms. The summed E-state index contributed by atoms with van der Waals surface area (Å²) in [7, 11) is 0. The number of rotatable bonds is 6. The van der Waals surface area contributed by atoms with Crippen molar-refractivity contribution in [1.82, 2.24) is 0 Å². The van der Waals surface area contributed by atoms with Gasteiger partial charge in [-0.2, -0.15) is 0 Å². The Morgan fingerprint density at radius 1 is 1.34 bits per heavy atom. The van der Waals surface area contributed by atoms with Gasteiger partial charge in [0.25, 0.3) is 0 Å². The lowest BCUT2D eigenvalue weighted by Gasteiger charge is -2.18. The van der Waals surface area contributed by atoms with Crippen molar-refractivity contribution in [3.63, 3.8) is 0 Å². The quantitative estimate of drug-likeness (QED) is 0.387. The molecule has 1 aliphatic rings. The maximum absolute atomic E-state index is 12.7. The second kappa shape index (κ2) is 9.73. The summed E-state index contributed by atoms with van der Waals surface area (Å²) < 4.78 is 5.45. The van der Waals surface area contributed by atoms with Crippen LogP contribution in [0.2, 0.25) is 10.0 Å². The molecule has 29 heavy (non-hydrogen) atoms. The van der Waals surface area contributed by atoms with Crippen LogP contribution in [0.15, 0.2) is 23.1 Å². The molecule has 8 heteroatoms. The molecule has 0 saturated carbocycles. The van der Waals surface area contributed by atoms with Gasteiger partial charge in [0, 0.05) is 14.8 Å². The topological polar surface area (TPSA) is 55.4 Å². The lowest BCUT2D eigenvalue weighted by Crippen LogP contribution is -2.19. The van der Waals surface area contributed by atoms with Gasteiger partial charge < -0.3 is 10.1 Å². The predicted octanol–water partition coefficient (Wildman–Crippen LogP) is 6.48. The molecule has 1 aromatic heterocycles. The van der Waals surface area contributed by atoms with Crippen molar-refractivity contribution in [3.8, 4) is 0 Å². The Balaban J connectivity index is 1.77. The zero-order valence-corrected chi connectivity index (χ0v) is 19.7. The van der Waals surface area contributed by atoms with Crippen LogP contribution in [0.4, 0.5) is 5.00 Å². The van der Waals surface area contributed by atoms with E-state index >= 15 is 0 Å². The molecule has 0 bridgehead atoms. The van der Waals surface area contributed by atoms with Crippen LogP contribution in [-0.2, 0) is 22.4 Å². The molecule has 1 unspecified atom stereocenters.